The van der Waals surface area contributed by atoms with Crippen LogP contribution in [0.1, 0.15) is 98.3 Å². The molecule has 0 radical (unpaired) electrons. The molecule has 1 amide bonds. The van der Waals surface area contributed by atoms with Crippen LogP contribution in [0.4, 0.5) is 4.79 Å². The van der Waals surface area contributed by atoms with E-state index in [0.29, 0.717) is 6.42 Å². The molecule has 1 atom stereocenters. The lowest BCUT2D eigenvalue weighted by molar-refractivity contribution is -0.143. The zero-order valence-corrected chi connectivity index (χ0v) is 17.0. The van der Waals surface area contributed by atoms with Gasteiger partial charge in [0.1, 0.15) is 11.6 Å². The highest BCUT2D eigenvalue weighted by Gasteiger charge is 2.24. The van der Waals surface area contributed by atoms with Crippen molar-refractivity contribution in [2.45, 2.75) is 110 Å². The molecule has 0 saturated heterocycles. The zero-order chi connectivity index (χ0) is 19.1. The van der Waals surface area contributed by atoms with Gasteiger partial charge in [-0.2, -0.15) is 0 Å². The van der Waals surface area contributed by atoms with Crippen molar-refractivity contribution in [3.8, 4) is 0 Å². The van der Waals surface area contributed by atoms with E-state index in [1.165, 1.54) is 58.5 Å². The molecule has 0 aromatic heterocycles. The number of hydrogen-bond donors (Lipinski definition) is 1. The molecule has 148 valence electrons. The Kier molecular flexibility index (Phi) is 13.3. The first-order chi connectivity index (χ1) is 11.8. The van der Waals surface area contributed by atoms with Gasteiger partial charge in [0.15, 0.2) is 0 Å². The third-order valence-corrected chi connectivity index (χ3v) is 4.02. The van der Waals surface area contributed by atoms with Crippen LogP contribution in [-0.2, 0) is 14.3 Å². The van der Waals surface area contributed by atoms with Crippen LogP contribution >= 0.6 is 0 Å². The quantitative estimate of drug-likeness (QED) is 0.356. The fourth-order valence-corrected chi connectivity index (χ4v) is 2.68. The summed E-state index contributed by atoms with van der Waals surface area (Å²) in [7, 11) is 1.34. The molecule has 0 fully saturated rings. The van der Waals surface area contributed by atoms with Crippen LogP contribution in [0.25, 0.3) is 0 Å². The Balaban J connectivity index is 3.90. The molecule has 0 aliphatic heterocycles. The summed E-state index contributed by atoms with van der Waals surface area (Å²) < 4.78 is 9.98. The van der Waals surface area contributed by atoms with Gasteiger partial charge in [-0.1, -0.05) is 71.1 Å². The third-order valence-electron chi connectivity index (χ3n) is 4.02. The summed E-state index contributed by atoms with van der Waals surface area (Å²) in [5, 5.41) is 2.62. The largest absolute Gasteiger partial charge is 0.467 e. The van der Waals surface area contributed by atoms with Crippen molar-refractivity contribution in [1.29, 1.82) is 0 Å². The van der Waals surface area contributed by atoms with Crippen LogP contribution in [0.5, 0.6) is 0 Å². The minimum Gasteiger partial charge on any atom is -0.467 e. The minimum atomic E-state index is -0.631. The van der Waals surface area contributed by atoms with Crippen molar-refractivity contribution in [2.75, 3.05) is 7.11 Å². The number of amides is 1. The van der Waals surface area contributed by atoms with Gasteiger partial charge in [-0.15, -0.1) is 0 Å². The Bertz CT molecular complexity index is 363. The second kappa shape index (κ2) is 14.0. The number of alkyl carbamates (subject to hydrolysis) is 1. The second-order valence-corrected chi connectivity index (χ2v) is 7.69. The van der Waals surface area contributed by atoms with Crippen LogP contribution in [0.3, 0.4) is 0 Å². The van der Waals surface area contributed by atoms with Crippen LogP contribution in [0.2, 0.25) is 0 Å². The lowest BCUT2D eigenvalue weighted by atomic mass is 10.0. The molecule has 0 rings (SSSR count). The summed E-state index contributed by atoms with van der Waals surface area (Å²) in [5.41, 5.74) is -0.581. The van der Waals surface area contributed by atoms with Crippen molar-refractivity contribution in [3.63, 3.8) is 0 Å². The molecule has 0 aliphatic carbocycles. The molecule has 0 aliphatic rings. The van der Waals surface area contributed by atoms with Gasteiger partial charge < -0.3 is 14.8 Å². The molecule has 0 aromatic rings. The number of hydrogen-bond acceptors (Lipinski definition) is 4. The summed E-state index contributed by atoms with van der Waals surface area (Å²) >= 11 is 0. The molecule has 0 bridgehead atoms. The van der Waals surface area contributed by atoms with Crippen LogP contribution < -0.4 is 5.32 Å². The maximum absolute atomic E-state index is 11.8. The predicted octanol–water partition coefficient (Wildman–Crippen LogP) is 5.36. The standard InChI is InChI=1S/C20H39NO4/c1-6-7-8-9-10-11-12-13-14-15-16-17(18(22)24-5)21-19(23)25-20(2,3)4/h17H,6-16H2,1-5H3,(H,21,23). The zero-order valence-electron chi connectivity index (χ0n) is 17.0. The van der Waals surface area contributed by atoms with E-state index in [1.807, 2.05) is 0 Å². The topological polar surface area (TPSA) is 64.6 Å². The van der Waals surface area contributed by atoms with Gasteiger partial charge in [-0.05, 0) is 27.2 Å². The lowest BCUT2D eigenvalue weighted by Crippen LogP contribution is -2.44. The summed E-state index contributed by atoms with van der Waals surface area (Å²) in [6, 6.07) is -0.631. The molecule has 1 unspecified atom stereocenters. The van der Waals surface area contributed by atoms with Crippen LogP contribution in [0, 0.1) is 0 Å². The van der Waals surface area contributed by atoms with Crippen molar-refractivity contribution < 1.29 is 19.1 Å². The van der Waals surface area contributed by atoms with Crippen molar-refractivity contribution in [2.24, 2.45) is 0 Å². The van der Waals surface area contributed by atoms with E-state index >= 15 is 0 Å². The number of nitrogens with one attached hydrogen (secondary N) is 1. The number of esters is 1. The van der Waals surface area contributed by atoms with Crippen LogP contribution in [0.15, 0.2) is 0 Å². The average Bonchev–Trinajstić information content (AvgIpc) is 2.53. The minimum absolute atomic E-state index is 0.415. The average molecular weight is 358 g/mol. The fraction of sp³-hybridized carbons (Fsp3) is 0.900. The normalized spacial score (nSPS) is 12.5. The molecule has 5 heteroatoms. The number of carbonyl (C=O) groups excluding carboxylic acids is 2. The van der Waals surface area contributed by atoms with E-state index in [2.05, 4.69) is 12.2 Å². The van der Waals surface area contributed by atoms with Gasteiger partial charge in [0.25, 0.3) is 0 Å². The third kappa shape index (κ3) is 14.8. The summed E-state index contributed by atoms with van der Waals surface area (Å²) in [4.78, 5) is 23.6. The first-order valence-corrected chi connectivity index (χ1v) is 9.87. The number of methoxy groups -OCH3 is 1. The molecule has 25 heavy (non-hydrogen) atoms. The Morgan fingerprint density at radius 2 is 1.36 bits per heavy atom. The van der Waals surface area contributed by atoms with Crippen LogP contribution in [-0.4, -0.2) is 30.8 Å². The first kappa shape index (κ1) is 23.7. The second-order valence-electron chi connectivity index (χ2n) is 7.69. The summed E-state index contributed by atoms with van der Waals surface area (Å²) in [6.45, 7) is 7.62. The first-order valence-electron chi connectivity index (χ1n) is 9.87. The number of carbonyl (C=O) groups is 2. The number of ether oxygens (including phenoxy) is 2. The highest BCUT2D eigenvalue weighted by atomic mass is 16.6. The maximum Gasteiger partial charge on any atom is 0.408 e. The van der Waals surface area contributed by atoms with Gasteiger partial charge in [0.05, 0.1) is 7.11 Å². The lowest BCUT2D eigenvalue weighted by Gasteiger charge is -2.22. The SMILES string of the molecule is CCCCCCCCCCCCC(NC(=O)OC(C)(C)C)C(=O)OC. The highest BCUT2D eigenvalue weighted by Crippen LogP contribution is 2.13. The Morgan fingerprint density at radius 3 is 1.80 bits per heavy atom. The summed E-state index contributed by atoms with van der Waals surface area (Å²) in [5.74, 6) is -0.415. The molecule has 1 N–H and O–H groups in total. The highest BCUT2D eigenvalue weighted by molar-refractivity contribution is 5.81. The van der Waals surface area contributed by atoms with Crippen molar-refractivity contribution in [1.82, 2.24) is 5.32 Å². The predicted molar refractivity (Wildman–Crippen MR) is 102 cm³/mol. The van der Waals surface area contributed by atoms with Gasteiger partial charge in [0.2, 0.25) is 0 Å². The van der Waals surface area contributed by atoms with Gasteiger partial charge in [-0.25, -0.2) is 9.59 Å². The Morgan fingerprint density at radius 1 is 0.880 bits per heavy atom. The van der Waals surface area contributed by atoms with E-state index in [0.717, 1.165) is 12.8 Å². The molecular formula is C20H39NO4. The fourth-order valence-electron chi connectivity index (χ4n) is 2.68. The van der Waals surface area contributed by atoms with E-state index in [9.17, 15) is 9.59 Å². The van der Waals surface area contributed by atoms with E-state index < -0.39 is 23.7 Å². The number of rotatable bonds is 13. The number of unbranched alkanes of at least 4 members (excludes halogenated alkanes) is 9. The molecule has 0 spiro atoms. The molecule has 5 nitrogen and oxygen atoms in total. The molecule has 0 saturated carbocycles. The van der Waals surface area contributed by atoms with Gasteiger partial charge >= 0.3 is 12.1 Å². The Hall–Kier alpha value is -1.26. The Labute approximate surface area is 154 Å². The monoisotopic (exact) mass is 357 g/mol. The van der Waals surface area contributed by atoms with Crippen molar-refractivity contribution >= 4 is 12.1 Å². The van der Waals surface area contributed by atoms with E-state index in [1.54, 1.807) is 20.8 Å². The van der Waals surface area contributed by atoms with Gasteiger partial charge in [-0.3, -0.25) is 0 Å². The van der Waals surface area contributed by atoms with E-state index in [-0.39, 0.29) is 0 Å². The molecule has 0 aromatic carbocycles. The summed E-state index contributed by atoms with van der Waals surface area (Å²) in [6.07, 6.45) is 12.3. The van der Waals surface area contributed by atoms with Gasteiger partial charge in [0, 0.05) is 0 Å². The maximum atomic E-state index is 11.8. The molecule has 0 heterocycles. The smallest absolute Gasteiger partial charge is 0.408 e. The molecular weight excluding hydrogens is 318 g/mol. The van der Waals surface area contributed by atoms with Crippen molar-refractivity contribution in [3.05, 3.63) is 0 Å². The van der Waals surface area contributed by atoms with E-state index in [4.69, 9.17) is 9.47 Å².